The summed E-state index contributed by atoms with van der Waals surface area (Å²) in [6, 6.07) is 7.21. The number of ether oxygens (including phenoxy) is 1. The topological polar surface area (TPSA) is 75.7 Å². The Bertz CT molecular complexity index is 595. The summed E-state index contributed by atoms with van der Waals surface area (Å²) in [7, 11) is -3.33. The van der Waals surface area contributed by atoms with E-state index in [1.807, 2.05) is 19.1 Å². The van der Waals surface area contributed by atoms with E-state index in [0.717, 1.165) is 5.56 Å². The molecule has 1 aromatic carbocycles. The number of benzene rings is 1. The van der Waals surface area contributed by atoms with Crippen LogP contribution in [0.1, 0.15) is 15.9 Å². The van der Waals surface area contributed by atoms with Crippen molar-refractivity contribution in [1.82, 2.24) is 9.62 Å². The van der Waals surface area contributed by atoms with Crippen molar-refractivity contribution in [2.24, 2.45) is 0 Å². The first-order valence-corrected chi connectivity index (χ1v) is 8.51. The molecule has 21 heavy (non-hydrogen) atoms. The molecule has 0 atom stereocenters. The maximum absolute atomic E-state index is 12.1. The summed E-state index contributed by atoms with van der Waals surface area (Å²) in [5, 5.41) is 2.66. The van der Waals surface area contributed by atoms with E-state index in [9.17, 15) is 13.2 Å². The fourth-order valence-electron chi connectivity index (χ4n) is 2.17. The lowest BCUT2D eigenvalue weighted by Crippen LogP contribution is -2.43. The van der Waals surface area contributed by atoms with E-state index in [2.05, 4.69) is 5.32 Å². The van der Waals surface area contributed by atoms with E-state index in [4.69, 9.17) is 4.74 Å². The average Bonchev–Trinajstić information content (AvgIpc) is 2.48. The van der Waals surface area contributed by atoms with Gasteiger partial charge in [-0.05, 0) is 18.6 Å². The second-order valence-corrected chi connectivity index (χ2v) is 6.99. The molecule has 1 aromatic rings. The lowest BCUT2D eigenvalue weighted by Gasteiger charge is -2.26. The third-order valence-electron chi connectivity index (χ3n) is 3.40. The molecule has 1 aliphatic rings. The Morgan fingerprint density at radius 1 is 1.29 bits per heavy atom. The molecule has 6 nitrogen and oxygen atoms in total. The van der Waals surface area contributed by atoms with Crippen molar-refractivity contribution < 1.29 is 17.9 Å². The predicted molar refractivity (Wildman–Crippen MR) is 79.7 cm³/mol. The number of rotatable bonds is 5. The maximum Gasteiger partial charge on any atom is 0.251 e. The molecule has 1 amide bonds. The Hall–Kier alpha value is -1.44. The lowest BCUT2D eigenvalue weighted by molar-refractivity contribution is 0.0730. The molecule has 1 aliphatic heterocycles. The first-order valence-electron chi connectivity index (χ1n) is 6.90. The van der Waals surface area contributed by atoms with Crippen LogP contribution >= 0.6 is 0 Å². The highest BCUT2D eigenvalue weighted by Crippen LogP contribution is 2.07. The van der Waals surface area contributed by atoms with Gasteiger partial charge in [-0.25, -0.2) is 8.42 Å². The summed E-state index contributed by atoms with van der Waals surface area (Å²) >= 11 is 0. The molecular formula is C14H20N2O4S. The number of carbonyl (C=O) groups is 1. The summed E-state index contributed by atoms with van der Waals surface area (Å²) in [5.41, 5.74) is 1.44. The monoisotopic (exact) mass is 312 g/mol. The number of carbonyl (C=O) groups excluding carboxylic acids is 1. The van der Waals surface area contributed by atoms with Gasteiger partial charge < -0.3 is 10.1 Å². The standard InChI is InChI=1S/C14H20N2O4S/c1-12-4-2-3-5-13(12)14(17)15-6-11-21(18,19)16-7-9-20-10-8-16/h2-5H,6-11H2,1H3,(H,15,17). The maximum atomic E-state index is 12.1. The number of morpholine rings is 1. The van der Waals surface area contributed by atoms with Gasteiger partial charge in [-0.3, -0.25) is 4.79 Å². The normalized spacial score (nSPS) is 16.6. The Morgan fingerprint density at radius 3 is 2.62 bits per heavy atom. The zero-order chi connectivity index (χ0) is 15.3. The van der Waals surface area contributed by atoms with Crippen molar-refractivity contribution in [3.8, 4) is 0 Å². The van der Waals surface area contributed by atoms with Crippen molar-refractivity contribution >= 4 is 15.9 Å². The van der Waals surface area contributed by atoms with Crippen molar-refractivity contribution in [2.75, 3.05) is 38.6 Å². The average molecular weight is 312 g/mol. The second-order valence-electron chi connectivity index (χ2n) is 4.90. The molecule has 0 saturated carbocycles. The van der Waals surface area contributed by atoms with E-state index in [-0.39, 0.29) is 18.2 Å². The highest BCUT2D eigenvalue weighted by Gasteiger charge is 2.24. The molecular weight excluding hydrogens is 292 g/mol. The number of aryl methyl sites for hydroxylation is 1. The number of sulfonamides is 1. The Labute approximate surface area is 125 Å². The fourth-order valence-corrected chi connectivity index (χ4v) is 3.49. The van der Waals surface area contributed by atoms with E-state index >= 15 is 0 Å². The van der Waals surface area contributed by atoms with Crippen LogP contribution in [0.25, 0.3) is 0 Å². The first-order chi connectivity index (χ1) is 10.0. The highest BCUT2D eigenvalue weighted by molar-refractivity contribution is 7.89. The molecule has 0 spiro atoms. The largest absolute Gasteiger partial charge is 0.379 e. The summed E-state index contributed by atoms with van der Waals surface area (Å²) in [4.78, 5) is 12.0. The van der Waals surface area contributed by atoms with Crippen LogP contribution < -0.4 is 5.32 Å². The summed E-state index contributed by atoms with van der Waals surface area (Å²) in [5.74, 6) is -0.338. The third kappa shape index (κ3) is 4.26. The van der Waals surface area contributed by atoms with Crippen molar-refractivity contribution in [3.05, 3.63) is 35.4 Å². The minimum atomic E-state index is -3.33. The van der Waals surface area contributed by atoms with Gasteiger partial charge in [-0.15, -0.1) is 0 Å². The van der Waals surface area contributed by atoms with Crippen LogP contribution in [0.4, 0.5) is 0 Å². The molecule has 0 aliphatic carbocycles. The van der Waals surface area contributed by atoms with E-state index in [0.29, 0.717) is 31.9 Å². The van der Waals surface area contributed by atoms with Crippen LogP contribution in [0, 0.1) is 6.92 Å². The number of hydrogen-bond acceptors (Lipinski definition) is 4. The molecule has 116 valence electrons. The zero-order valence-corrected chi connectivity index (χ0v) is 12.9. The molecule has 0 bridgehead atoms. The molecule has 0 unspecified atom stereocenters. The fraction of sp³-hybridized carbons (Fsp3) is 0.500. The van der Waals surface area contributed by atoms with Crippen LogP contribution in [0.15, 0.2) is 24.3 Å². The summed E-state index contributed by atoms with van der Waals surface area (Å²) in [6.07, 6.45) is 0. The lowest BCUT2D eigenvalue weighted by atomic mass is 10.1. The van der Waals surface area contributed by atoms with Gasteiger partial charge in [0.1, 0.15) is 0 Å². The molecule has 1 heterocycles. The van der Waals surface area contributed by atoms with Gasteiger partial charge in [-0.1, -0.05) is 18.2 Å². The second kappa shape index (κ2) is 7.02. The molecule has 0 radical (unpaired) electrons. The van der Waals surface area contributed by atoms with E-state index in [1.54, 1.807) is 12.1 Å². The van der Waals surface area contributed by atoms with E-state index < -0.39 is 10.0 Å². The summed E-state index contributed by atoms with van der Waals surface area (Å²) < 4.78 is 30.7. The molecule has 1 N–H and O–H groups in total. The van der Waals surface area contributed by atoms with Crippen molar-refractivity contribution in [2.45, 2.75) is 6.92 Å². The van der Waals surface area contributed by atoms with E-state index in [1.165, 1.54) is 4.31 Å². The molecule has 1 saturated heterocycles. The quantitative estimate of drug-likeness (QED) is 0.853. The molecule has 1 fully saturated rings. The Morgan fingerprint density at radius 2 is 1.95 bits per heavy atom. The van der Waals surface area contributed by atoms with Crippen LogP contribution in [0.2, 0.25) is 0 Å². The number of amides is 1. The molecule has 0 aromatic heterocycles. The van der Waals surface area contributed by atoms with Gasteiger partial charge in [-0.2, -0.15) is 4.31 Å². The van der Waals surface area contributed by atoms with Gasteiger partial charge >= 0.3 is 0 Å². The zero-order valence-electron chi connectivity index (χ0n) is 12.0. The molecule has 7 heteroatoms. The van der Waals surface area contributed by atoms with Gasteiger partial charge in [0.15, 0.2) is 0 Å². The smallest absolute Gasteiger partial charge is 0.251 e. The highest BCUT2D eigenvalue weighted by atomic mass is 32.2. The SMILES string of the molecule is Cc1ccccc1C(=O)NCCS(=O)(=O)N1CCOCC1. The van der Waals surface area contributed by atoms with Crippen molar-refractivity contribution in [3.63, 3.8) is 0 Å². The van der Waals surface area contributed by atoms with Crippen LogP contribution in [-0.2, 0) is 14.8 Å². The third-order valence-corrected chi connectivity index (χ3v) is 5.27. The molecule has 2 rings (SSSR count). The van der Waals surface area contributed by atoms with Crippen molar-refractivity contribution in [1.29, 1.82) is 0 Å². The first kappa shape index (κ1) is 15.9. The number of nitrogens with one attached hydrogen (secondary N) is 1. The van der Waals surface area contributed by atoms with Gasteiger partial charge in [0.25, 0.3) is 5.91 Å². The summed E-state index contributed by atoms with van der Waals surface area (Å²) in [6.45, 7) is 3.57. The minimum absolute atomic E-state index is 0.0926. The van der Waals surface area contributed by atoms with Crippen LogP contribution in [-0.4, -0.2) is 57.2 Å². The number of nitrogens with zero attached hydrogens (tertiary/aromatic N) is 1. The minimum Gasteiger partial charge on any atom is -0.379 e. The Kier molecular flexibility index (Phi) is 5.33. The van der Waals surface area contributed by atoms with Crippen LogP contribution in [0.5, 0.6) is 0 Å². The van der Waals surface area contributed by atoms with Gasteiger partial charge in [0.05, 0.1) is 19.0 Å². The number of hydrogen-bond donors (Lipinski definition) is 1. The predicted octanol–water partition coefficient (Wildman–Crippen LogP) is 0.387. The van der Waals surface area contributed by atoms with Gasteiger partial charge in [0.2, 0.25) is 10.0 Å². The van der Waals surface area contributed by atoms with Crippen LogP contribution in [0.3, 0.4) is 0 Å². The van der Waals surface area contributed by atoms with Gasteiger partial charge in [0, 0.05) is 25.2 Å². The Balaban J connectivity index is 1.86.